The molecule has 0 bridgehead atoms. The van der Waals surface area contributed by atoms with Crippen molar-refractivity contribution in [1.29, 1.82) is 5.26 Å². The molecule has 1 aromatic carbocycles. The summed E-state index contributed by atoms with van der Waals surface area (Å²) in [7, 11) is 0. The fourth-order valence-electron chi connectivity index (χ4n) is 3.68. The molecule has 0 aliphatic carbocycles. The first-order valence-corrected chi connectivity index (χ1v) is 9.39. The van der Waals surface area contributed by atoms with Crippen molar-refractivity contribution in [2.45, 2.75) is 26.0 Å². The first-order valence-electron chi connectivity index (χ1n) is 9.39. The minimum Gasteiger partial charge on any atom is -0.374 e. The van der Waals surface area contributed by atoms with E-state index in [-0.39, 0.29) is 22.2 Å². The molecule has 29 heavy (non-hydrogen) atoms. The summed E-state index contributed by atoms with van der Waals surface area (Å²) in [6.07, 6.45) is 4.47. The van der Waals surface area contributed by atoms with Gasteiger partial charge in [-0.3, -0.25) is 14.8 Å². The van der Waals surface area contributed by atoms with Gasteiger partial charge >= 0.3 is 0 Å². The van der Waals surface area contributed by atoms with Crippen molar-refractivity contribution in [2.75, 3.05) is 13.1 Å². The standard InChI is InChI=1S/C21H20FN5O2/c1-13-16(6-4-14(10-23)19(13)22)17-12-25-27(21(17)29)18-7-5-15(11-24-18)20(28)26-8-2-3-9-26/h4-7,11-12,20,25,28H,2-3,8-9H2,1H3. The minimum atomic E-state index is -0.709. The van der Waals surface area contributed by atoms with Gasteiger partial charge in [-0.15, -0.1) is 0 Å². The van der Waals surface area contributed by atoms with E-state index < -0.39 is 12.0 Å². The number of hydrogen-bond acceptors (Lipinski definition) is 5. The molecule has 2 aromatic heterocycles. The fourth-order valence-corrected chi connectivity index (χ4v) is 3.68. The zero-order chi connectivity index (χ0) is 20.5. The summed E-state index contributed by atoms with van der Waals surface area (Å²) < 4.78 is 15.5. The lowest BCUT2D eigenvalue weighted by Crippen LogP contribution is -2.25. The van der Waals surface area contributed by atoms with Crippen LogP contribution in [-0.4, -0.2) is 37.9 Å². The lowest BCUT2D eigenvalue weighted by atomic mass is 10.0. The number of aromatic amines is 1. The van der Waals surface area contributed by atoms with Crippen molar-refractivity contribution < 1.29 is 9.50 Å². The van der Waals surface area contributed by atoms with Crippen LogP contribution in [-0.2, 0) is 0 Å². The number of rotatable bonds is 4. The Morgan fingerprint density at radius 2 is 2.00 bits per heavy atom. The largest absolute Gasteiger partial charge is 0.374 e. The fraction of sp³-hybridized carbons (Fsp3) is 0.286. The topological polar surface area (TPSA) is 97.9 Å². The van der Waals surface area contributed by atoms with E-state index in [9.17, 15) is 14.3 Å². The molecule has 1 saturated heterocycles. The van der Waals surface area contributed by atoms with Crippen LogP contribution in [0.3, 0.4) is 0 Å². The molecule has 1 atom stereocenters. The van der Waals surface area contributed by atoms with Gasteiger partial charge in [0.15, 0.2) is 5.82 Å². The van der Waals surface area contributed by atoms with Crippen molar-refractivity contribution in [1.82, 2.24) is 19.7 Å². The maximum Gasteiger partial charge on any atom is 0.280 e. The number of nitrogens with one attached hydrogen (secondary N) is 1. The van der Waals surface area contributed by atoms with E-state index >= 15 is 0 Å². The maximum atomic E-state index is 14.3. The Balaban J connectivity index is 1.65. The van der Waals surface area contributed by atoms with Crippen LogP contribution in [0.4, 0.5) is 4.39 Å². The summed E-state index contributed by atoms with van der Waals surface area (Å²) in [6, 6.07) is 8.12. The lowest BCUT2D eigenvalue weighted by Gasteiger charge is -2.22. The van der Waals surface area contributed by atoms with Crippen molar-refractivity contribution in [3.05, 3.63) is 69.5 Å². The molecule has 0 amide bonds. The number of halogens is 1. The molecule has 1 unspecified atom stereocenters. The van der Waals surface area contributed by atoms with Gasteiger partial charge in [0.05, 0.1) is 11.1 Å². The molecule has 3 aromatic rings. The second kappa shape index (κ2) is 7.62. The third-order valence-electron chi connectivity index (χ3n) is 5.35. The molecular weight excluding hydrogens is 373 g/mol. The number of aromatic nitrogens is 3. The Hall–Kier alpha value is -3.28. The van der Waals surface area contributed by atoms with Crippen molar-refractivity contribution in [2.24, 2.45) is 0 Å². The third-order valence-corrected chi connectivity index (χ3v) is 5.35. The number of nitrogens with zero attached hydrogens (tertiary/aromatic N) is 4. The Labute approximate surface area is 166 Å². The van der Waals surface area contributed by atoms with Crippen LogP contribution >= 0.6 is 0 Å². The predicted octanol–water partition coefficient (Wildman–Crippen LogP) is 2.63. The first-order chi connectivity index (χ1) is 14.0. The van der Waals surface area contributed by atoms with Gasteiger partial charge in [0.1, 0.15) is 18.1 Å². The number of pyridine rings is 1. The second-order valence-electron chi connectivity index (χ2n) is 7.11. The highest BCUT2D eigenvalue weighted by molar-refractivity contribution is 5.67. The summed E-state index contributed by atoms with van der Waals surface area (Å²) in [5.74, 6) is -0.263. The average Bonchev–Trinajstić information content (AvgIpc) is 3.40. The minimum absolute atomic E-state index is 0.0593. The molecule has 3 heterocycles. The maximum absolute atomic E-state index is 14.3. The van der Waals surface area contributed by atoms with E-state index in [1.54, 1.807) is 30.5 Å². The summed E-state index contributed by atoms with van der Waals surface area (Å²) in [5.41, 5.74) is 1.18. The van der Waals surface area contributed by atoms with E-state index in [4.69, 9.17) is 5.26 Å². The van der Waals surface area contributed by atoms with Gasteiger partial charge in [-0.1, -0.05) is 6.07 Å². The van der Waals surface area contributed by atoms with Gasteiger partial charge in [0.25, 0.3) is 5.56 Å². The monoisotopic (exact) mass is 393 g/mol. The highest BCUT2D eigenvalue weighted by Gasteiger charge is 2.22. The highest BCUT2D eigenvalue weighted by atomic mass is 19.1. The SMILES string of the molecule is Cc1c(-c2c[nH]n(-c3ccc(C(O)N4CCCC4)cn3)c2=O)ccc(C#N)c1F. The average molecular weight is 393 g/mol. The van der Waals surface area contributed by atoms with Gasteiger partial charge in [0.2, 0.25) is 0 Å². The van der Waals surface area contributed by atoms with E-state index in [0.717, 1.165) is 25.9 Å². The van der Waals surface area contributed by atoms with Gasteiger partial charge < -0.3 is 5.11 Å². The van der Waals surface area contributed by atoms with Gasteiger partial charge in [-0.05, 0) is 49.1 Å². The Bertz CT molecular complexity index is 1140. The van der Waals surface area contributed by atoms with E-state index in [2.05, 4.69) is 10.1 Å². The molecule has 1 fully saturated rings. The Morgan fingerprint density at radius 3 is 2.66 bits per heavy atom. The summed E-state index contributed by atoms with van der Waals surface area (Å²) in [4.78, 5) is 19.2. The highest BCUT2D eigenvalue weighted by Crippen LogP contribution is 2.25. The lowest BCUT2D eigenvalue weighted by molar-refractivity contribution is 0.0188. The normalized spacial score (nSPS) is 15.4. The molecule has 7 nitrogen and oxygen atoms in total. The number of likely N-dealkylation sites (tertiary alicyclic amines) is 1. The third kappa shape index (κ3) is 3.35. The van der Waals surface area contributed by atoms with Crippen LogP contribution in [0.1, 0.15) is 35.8 Å². The molecule has 0 saturated carbocycles. The number of nitriles is 1. The molecular formula is C21H20FN5O2. The molecule has 0 spiro atoms. The zero-order valence-electron chi connectivity index (χ0n) is 15.9. The number of aliphatic hydroxyl groups is 1. The number of benzene rings is 1. The van der Waals surface area contributed by atoms with Crippen molar-refractivity contribution in [3.8, 4) is 23.0 Å². The van der Waals surface area contributed by atoms with E-state index in [0.29, 0.717) is 16.9 Å². The Kier molecular flexibility index (Phi) is 5.01. The van der Waals surface area contributed by atoms with Crippen LogP contribution in [0.15, 0.2) is 41.5 Å². The number of aliphatic hydroxyl groups excluding tert-OH is 1. The van der Waals surface area contributed by atoms with Crippen LogP contribution < -0.4 is 5.56 Å². The summed E-state index contributed by atoms with van der Waals surface area (Å²) in [6.45, 7) is 3.24. The van der Waals surface area contributed by atoms with Crippen molar-refractivity contribution in [3.63, 3.8) is 0 Å². The van der Waals surface area contributed by atoms with Crippen LogP contribution in [0.5, 0.6) is 0 Å². The molecule has 1 aliphatic heterocycles. The summed E-state index contributed by atoms with van der Waals surface area (Å²) >= 11 is 0. The molecule has 2 N–H and O–H groups in total. The van der Waals surface area contributed by atoms with Crippen molar-refractivity contribution >= 4 is 0 Å². The smallest absolute Gasteiger partial charge is 0.280 e. The van der Waals surface area contributed by atoms with Gasteiger partial charge in [0, 0.05) is 31.0 Å². The van der Waals surface area contributed by atoms with E-state index in [1.165, 1.54) is 23.9 Å². The molecule has 4 rings (SSSR count). The molecule has 0 radical (unpaired) electrons. The number of hydrogen-bond donors (Lipinski definition) is 2. The van der Waals surface area contributed by atoms with Gasteiger partial charge in [-0.2, -0.15) is 5.26 Å². The van der Waals surface area contributed by atoms with Crippen LogP contribution in [0, 0.1) is 24.1 Å². The Morgan fingerprint density at radius 1 is 1.24 bits per heavy atom. The predicted molar refractivity (Wildman–Crippen MR) is 105 cm³/mol. The first kappa shape index (κ1) is 19.1. The van der Waals surface area contributed by atoms with E-state index in [1.807, 2.05) is 4.90 Å². The second-order valence-corrected chi connectivity index (χ2v) is 7.11. The quantitative estimate of drug-likeness (QED) is 0.710. The molecule has 148 valence electrons. The zero-order valence-corrected chi connectivity index (χ0v) is 15.9. The van der Waals surface area contributed by atoms with Crippen LogP contribution in [0.25, 0.3) is 16.9 Å². The molecule has 1 aliphatic rings. The van der Waals surface area contributed by atoms with Gasteiger partial charge in [-0.25, -0.2) is 14.1 Å². The molecule has 8 heteroatoms. The summed E-state index contributed by atoms with van der Waals surface area (Å²) in [5, 5.41) is 22.2. The number of H-pyrrole nitrogens is 1. The van der Waals surface area contributed by atoms with Crippen LogP contribution in [0.2, 0.25) is 0 Å².